The number of hydrogen-bond donors (Lipinski definition) is 0. The first-order valence-corrected chi connectivity index (χ1v) is 7.86. The minimum absolute atomic E-state index is 0.634. The Kier molecular flexibility index (Phi) is 4.53. The van der Waals surface area contributed by atoms with Gasteiger partial charge in [-0.2, -0.15) is 10.2 Å². The molecule has 3 heterocycles. The van der Waals surface area contributed by atoms with Crippen LogP contribution in [-0.4, -0.2) is 46.2 Å². The molecular weight excluding hydrogens is 292 g/mol. The summed E-state index contributed by atoms with van der Waals surface area (Å²) in [5, 5.41) is 13.3. The van der Waals surface area contributed by atoms with Crippen LogP contribution in [0.15, 0.2) is 16.7 Å². The zero-order valence-corrected chi connectivity index (χ0v) is 13.5. The molecule has 0 unspecified atom stereocenters. The summed E-state index contributed by atoms with van der Waals surface area (Å²) in [6.07, 6.45) is 0.761. The molecule has 0 atom stereocenters. The number of aryl methyl sites for hydroxylation is 2. The van der Waals surface area contributed by atoms with Crippen molar-refractivity contribution < 1.29 is 4.52 Å². The number of aromatic nitrogens is 3. The van der Waals surface area contributed by atoms with Crippen molar-refractivity contribution in [1.82, 2.24) is 20.0 Å². The number of rotatable bonds is 4. The quantitative estimate of drug-likeness (QED) is 0.846. The fraction of sp³-hybridized carbons (Fsp3) is 0.500. The molecule has 0 N–H and O–H groups in total. The Hall–Kier alpha value is -2.46. The van der Waals surface area contributed by atoms with Gasteiger partial charge >= 0.3 is 0 Å². The van der Waals surface area contributed by atoms with Crippen molar-refractivity contribution in [3.05, 3.63) is 35.1 Å². The molecule has 1 fully saturated rings. The summed E-state index contributed by atoms with van der Waals surface area (Å²) < 4.78 is 5.14. The van der Waals surface area contributed by atoms with Crippen molar-refractivity contribution in [2.45, 2.75) is 26.8 Å². The van der Waals surface area contributed by atoms with E-state index in [4.69, 9.17) is 4.52 Å². The zero-order chi connectivity index (χ0) is 16.2. The minimum Gasteiger partial charge on any atom is -0.353 e. The minimum atomic E-state index is 0.634. The van der Waals surface area contributed by atoms with E-state index in [1.807, 2.05) is 26.0 Å². The van der Waals surface area contributed by atoms with E-state index in [1.165, 1.54) is 0 Å². The van der Waals surface area contributed by atoms with Gasteiger partial charge in [0.2, 0.25) is 5.89 Å². The van der Waals surface area contributed by atoms with Crippen molar-refractivity contribution in [2.24, 2.45) is 0 Å². The van der Waals surface area contributed by atoms with Gasteiger partial charge in [0, 0.05) is 38.3 Å². The number of anilines is 1. The largest absolute Gasteiger partial charge is 0.353 e. The van der Waals surface area contributed by atoms with Crippen LogP contribution in [0.1, 0.15) is 29.9 Å². The van der Waals surface area contributed by atoms with Crippen LogP contribution in [0.5, 0.6) is 0 Å². The summed E-state index contributed by atoms with van der Waals surface area (Å²) in [4.78, 5) is 13.4. The van der Waals surface area contributed by atoms with E-state index < -0.39 is 0 Å². The van der Waals surface area contributed by atoms with E-state index in [1.54, 1.807) is 0 Å². The van der Waals surface area contributed by atoms with Gasteiger partial charge in [-0.25, -0.2) is 4.98 Å². The maximum Gasteiger partial charge on any atom is 0.226 e. The molecule has 0 radical (unpaired) electrons. The molecule has 0 aliphatic carbocycles. The number of hydrogen-bond acceptors (Lipinski definition) is 7. The van der Waals surface area contributed by atoms with Crippen molar-refractivity contribution >= 4 is 5.82 Å². The highest BCUT2D eigenvalue weighted by atomic mass is 16.5. The van der Waals surface area contributed by atoms with E-state index in [2.05, 4.69) is 31.0 Å². The Labute approximate surface area is 135 Å². The molecule has 0 saturated carbocycles. The van der Waals surface area contributed by atoms with Gasteiger partial charge in [0.25, 0.3) is 0 Å². The van der Waals surface area contributed by atoms with Gasteiger partial charge in [0.15, 0.2) is 5.82 Å². The van der Waals surface area contributed by atoms with Crippen LogP contribution in [0.4, 0.5) is 5.82 Å². The van der Waals surface area contributed by atoms with E-state index in [9.17, 15) is 5.26 Å². The second kappa shape index (κ2) is 6.75. The fourth-order valence-corrected chi connectivity index (χ4v) is 2.69. The first-order valence-electron chi connectivity index (χ1n) is 7.86. The molecule has 1 saturated heterocycles. The Morgan fingerprint density at radius 1 is 1.22 bits per heavy atom. The number of piperazine rings is 1. The van der Waals surface area contributed by atoms with E-state index in [0.29, 0.717) is 18.0 Å². The van der Waals surface area contributed by atoms with Gasteiger partial charge in [-0.05, 0) is 19.1 Å². The highest BCUT2D eigenvalue weighted by Gasteiger charge is 2.21. The van der Waals surface area contributed by atoms with Crippen molar-refractivity contribution in [1.29, 1.82) is 5.26 Å². The van der Waals surface area contributed by atoms with Gasteiger partial charge in [0.05, 0.1) is 12.1 Å². The fourth-order valence-electron chi connectivity index (χ4n) is 2.69. The van der Waals surface area contributed by atoms with Gasteiger partial charge in [-0.3, -0.25) is 4.90 Å². The van der Waals surface area contributed by atoms with Crippen molar-refractivity contribution in [3.8, 4) is 6.07 Å². The smallest absolute Gasteiger partial charge is 0.226 e. The number of nitrogens with zero attached hydrogens (tertiary/aromatic N) is 6. The first-order chi connectivity index (χ1) is 11.2. The molecule has 3 rings (SSSR count). The third kappa shape index (κ3) is 3.48. The molecule has 23 heavy (non-hydrogen) atoms. The van der Waals surface area contributed by atoms with Crippen LogP contribution in [0.2, 0.25) is 0 Å². The molecule has 0 bridgehead atoms. The maximum atomic E-state index is 9.26. The van der Waals surface area contributed by atoms with Crippen LogP contribution in [0, 0.1) is 18.3 Å². The topological polar surface area (TPSA) is 82.1 Å². The predicted octanol–water partition coefficient (Wildman–Crippen LogP) is 1.53. The normalized spacial score (nSPS) is 15.6. The molecule has 7 heteroatoms. The Morgan fingerprint density at radius 2 is 2.00 bits per heavy atom. The summed E-state index contributed by atoms with van der Waals surface area (Å²) in [5.74, 6) is 2.21. The summed E-state index contributed by atoms with van der Waals surface area (Å²) in [7, 11) is 0. The molecular formula is C16H20N6O. The van der Waals surface area contributed by atoms with E-state index in [0.717, 1.165) is 49.9 Å². The molecule has 0 spiro atoms. The van der Waals surface area contributed by atoms with Crippen LogP contribution >= 0.6 is 0 Å². The second-order valence-electron chi connectivity index (χ2n) is 5.66. The molecule has 120 valence electrons. The van der Waals surface area contributed by atoms with Crippen LogP contribution in [0.3, 0.4) is 0 Å². The van der Waals surface area contributed by atoms with E-state index in [-0.39, 0.29) is 0 Å². The lowest BCUT2D eigenvalue weighted by molar-refractivity contribution is 0.239. The molecule has 1 aliphatic heterocycles. The second-order valence-corrected chi connectivity index (χ2v) is 5.66. The maximum absolute atomic E-state index is 9.26. The molecule has 2 aromatic rings. The zero-order valence-electron chi connectivity index (χ0n) is 13.5. The lowest BCUT2D eigenvalue weighted by Gasteiger charge is -2.35. The Morgan fingerprint density at radius 3 is 2.65 bits per heavy atom. The van der Waals surface area contributed by atoms with Crippen LogP contribution in [-0.2, 0) is 13.0 Å². The van der Waals surface area contributed by atoms with Gasteiger partial charge < -0.3 is 9.42 Å². The summed E-state index contributed by atoms with van der Waals surface area (Å²) in [5.41, 5.74) is 1.56. The predicted molar refractivity (Wildman–Crippen MR) is 84.9 cm³/mol. The lowest BCUT2D eigenvalue weighted by atomic mass is 10.2. The number of pyridine rings is 1. The highest BCUT2D eigenvalue weighted by Crippen LogP contribution is 2.20. The third-order valence-corrected chi connectivity index (χ3v) is 3.98. The SMILES string of the molecule is CCc1nc(CN2CCN(c3nc(C)ccc3C#N)CC2)no1. The molecule has 0 amide bonds. The average molecular weight is 312 g/mol. The van der Waals surface area contributed by atoms with Crippen molar-refractivity contribution in [3.63, 3.8) is 0 Å². The number of nitriles is 1. The van der Waals surface area contributed by atoms with Gasteiger partial charge in [-0.1, -0.05) is 12.1 Å². The summed E-state index contributed by atoms with van der Waals surface area (Å²) in [6, 6.07) is 5.95. The highest BCUT2D eigenvalue weighted by molar-refractivity contribution is 5.54. The summed E-state index contributed by atoms with van der Waals surface area (Å²) in [6.45, 7) is 8.09. The monoisotopic (exact) mass is 312 g/mol. The van der Waals surface area contributed by atoms with Crippen LogP contribution in [0.25, 0.3) is 0 Å². The Bertz CT molecular complexity index is 712. The summed E-state index contributed by atoms with van der Waals surface area (Å²) >= 11 is 0. The average Bonchev–Trinajstić information content (AvgIpc) is 3.03. The standard InChI is InChI=1S/C16H20N6O/c1-3-15-19-14(20-23-15)11-21-6-8-22(9-7-21)16-13(10-17)5-4-12(2)18-16/h4-5H,3,6-9,11H2,1-2H3. The molecule has 0 aromatic carbocycles. The third-order valence-electron chi connectivity index (χ3n) is 3.98. The lowest BCUT2D eigenvalue weighted by Crippen LogP contribution is -2.46. The van der Waals surface area contributed by atoms with E-state index >= 15 is 0 Å². The first kappa shape index (κ1) is 15.4. The Balaban J connectivity index is 1.62. The van der Waals surface area contributed by atoms with Crippen molar-refractivity contribution in [2.75, 3.05) is 31.1 Å². The molecule has 7 nitrogen and oxygen atoms in total. The van der Waals surface area contributed by atoms with Crippen LogP contribution < -0.4 is 4.90 Å². The van der Waals surface area contributed by atoms with Gasteiger partial charge in [0.1, 0.15) is 11.9 Å². The van der Waals surface area contributed by atoms with Gasteiger partial charge in [-0.15, -0.1) is 0 Å². The molecule has 2 aromatic heterocycles. The molecule has 1 aliphatic rings.